The molecule has 0 atom stereocenters. The van der Waals surface area contributed by atoms with E-state index in [0.29, 0.717) is 24.5 Å². The summed E-state index contributed by atoms with van der Waals surface area (Å²) in [5.41, 5.74) is 0.571. The van der Waals surface area contributed by atoms with Crippen LogP contribution in [0, 0.1) is 0 Å². The average Bonchev–Trinajstić information content (AvgIpc) is 2.45. The maximum absolute atomic E-state index is 11.5. The minimum absolute atomic E-state index is 0.0219. The highest BCUT2D eigenvalue weighted by Crippen LogP contribution is 2.24. The fourth-order valence-corrected chi connectivity index (χ4v) is 2.35. The zero-order valence-corrected chi connectivity index (χ0v) is 14.6. The molecule has 0 saturated carbocycles. The monoisotopic (exact) mass is 412 g/mol. The smallest absolute Gasteiger partial charge is 0.163 e. The quantitative estimate of drug-likeness (QED) is 0.500. The van der Waals surface area contributed by atoms with Crippen LogP contribution in [-0.4, -0.2) is 19.0 Å². The SMILES string of the molecule is CC(=O)c1ccc(Br)cc1OCCOc1ccc(Br)cc1. The summed E-state index contributed by atoms with van der Waals surface area (Å²) >= 11 is 6.74. The number of carbonyl (C=O) groups excluding carboxylic acids is 1. The molecule has 2 aromatic rings. The van der Waals surface area contributed by atoms with Gasteiger partial charge >= 0.3 is 0 Å². The molecule has 5 heteroatoms. The third-order valence-corrected chi connectivity index (χ3v) is 3.77. The zero-order chi connectivity index (χ0) is 15.2. The van der Waals surface area contributed by atoms with Crippen LogP contribution in [0.15, 0.2) is 51.4 Å². The van der Waals surface area contributed by atoms with Crippen LogP contribution >= 0.6 is 31.9 Å². The first kappa shape index (κ1) is 16.0. The van der Waals surface area contributed by atoms with Crippen LogP contribution in [0.25, 0.3) is 0 Å². The van der Waals surface area contributed by atoms with Crippen LogP contribution in [0.3, 0.4) is 0 Å². The van der Waals surface area contributed by atoms with Gasteiger partial charge in [-0.2, -0.15) is 0 Å². The molecule has 0 aliphatic heterocycles. The highest BCUT2D eigenvalue weighted by atomic mass is 79.9. The van der Waals surface area contributed by atoms with Gasteiger partial charge in [-0.15, -0.1) is 0 Å². The Morgan fingerprint density at radius 1 is 0.952 bits per heavy atom. The topological polar surface area (TPSA) is 35.5 Å². The molecule has 3 nitrogen and oxygen atoms in total. The standard InChI is InChI=1S/C16H14Br2O3/c1-11(19)15-7-4-13(18)10-16(15)21-9-8-20-14-5-2-12(17)3-6-14/h2-7,10H,8-9H2,1H3. The van der Waals surface area contributed by atoms with E-state index in [1.807, 2.05) is 30.3 Å². The van der Waals surface area contributed by atoms with Crippen molar-refractivity contribution in [1.29, 1.82) is 0 Å². The lowest BCUT2D eigenvalue weighted by atomic mass is 10.1. The van der Waals surface area contributed by atoms with Crippen molar-refractivity contribution < 1.29 is 14.3 Å². The molecule has 0 aromatic heterocycles. The summed E-state index contributed by atoms with van der Waals surface area (Å²) in [6.07, 6.45) is 0. The maximum atomic E-state index is 11.5. The van der Waals surface area contributed by atoms with Crippen LogP contribution in [0.5, 0.6) is 11.5 Å². The van der Waals surface area contributed by atoms with Gasteiger partial charge in [0.15, 0.2) is 5.78 Å². The molecule has 0 aliphatic rings. The summed E-state index contributed by atoms with van der Waals surface area (Å²) in [6.45, 7) is 2.30. The van der Waals surface area contributed by atoms with Crippen molar-refractivity contribution in [3.05, 3.63) is 57.0 Å². The number of hydrogen-bond acceptors (Lipinski definition) is 3. The number of Topliss-reactive ketones (excluding diaryl/α,β-unsaturated/α-hetero) is 1. The molecule has 0 fully saturated rings. The number of rotatable bonds is 6. The molecule has 2 aromatic carbocycles. The number of halogens is 2. The first-order valence-corrected chi connectivity index (χ1v) is 7.96. The minimum atomic E-state index is -0.0219. The highest BCUT2D eigenvalue weighted by molar-refractivity contribution is 9.10. The Morgan fingerprint density at radius 2 is 1.57 bits per heavy atom. The number of ketones is 1. The Balaban J connectivity index is 1.90. The van der Waals surface area contributed by atoms with Gasteiger partial charge in [0, 0.05) is 8.95 Å². The van der Waals surface area contributed by atoms with Gasteiger partial charge in [0.2, 0.25) is 0 Å². The third-order valence-electron chi connectivity index (χ3n) is 2.75. The maximum Gasteiger partial charge on any atom is 0.163 e. The van der Waals surface area contributed by atoms with E-state index in [9.17, 15) is 4.79 Å². The number of benzene rings is 2. The average molecular weight is 414 g/mol. The molecule has 2 rings (SSSR count). The van der Waals surface area contributed by atoms with Crippen LogP contribution in [0.2, 0.25) is 0 Å². The van der Waals surface area contributed by atoms with Gasteiger partial charge in [0.1, 0.15) is 24.7 Å². The van der Waals surface area contributed by atoms with Crippen molar-refractivity contribution in [3.63, 3.8) is 0 Å². The zero-order valence-electron chi connectivity index (χ0n) is 11.4. The molecule has 0 unspecified atom stereocenters. The molecule has 0 amide bonds. The second kappa shape index (κ2) is 7.61. The molecular weight excluding hydrogens is 400 g/mol. The van der Waals surface area contributed by atoms with Crippen LogP contribution in [0.4, 0.5) is 0 Å². The summed E-state index contributed by atoms with van der Waals surface area (Å²) in [5, 5.41) is 0. The first-order chi connectivity index (χ1) is 10.1. The lowest BCUT2D eigenvalue weighted by Crippen LogP contribution is -2.10. The molecule has 21 heavy (non-hydrogen) atoms. The van der Waals surface area contributed by atoms with Crippen LogP contribution in [-0.2, 0) is 0 Å². The predicted octanol–water partition coefficient (Wildman–Crippen LogP) is 4.87. The third kappa shape index (κ3) is 4.86. The van der Waals surface area contributed by atoms with Gasteiger partial charge in [0.05, 0.1) is 5.56 Å². The molecule has 0 radical (unpaired) electrons. The van der Waals surface area contributed by atoms with E-state index >= 15 is 0 Å². The fraction of sp³-hybridized carbons (Fsp3) is 0.188. The molecule has 0 aliphatic carbocycles. The Kier molecular flexibility index (Phi) is 5.82. The van der Waals surface area contributed by atoms with Gasteiger partial charge < -0.3 is 9.47 Å². The summed E-state index contributed by atoms with van der Waals surface area (Å²) in [6, 6.07) is 12.9. The van der Waals surface area contributed by atoms with Crippen molar-refractivity contribution in [2.24, 2.45) is 0 Å². The minimum Gasteiger partial charge on any atom is -0.490 e. The van der Waals surface area contributed by atoms with Crippen molar-refractivity contribution in [1.82, 2.24) is 0 Å². The highest BCUT2D eigenvalue weighted by Gasteiger charge is 2.09. The lowest BCUT2D eigenvalue weighted by Gasteiger charge is -2.11. The Labute approximate surface area is 140 Å². The fourth-order valence-electron chi connectivity index (χ4n) is 1.75. The first-order valence-electron chi connectivity index (χ1n) is 6.38. The van der Waals surface area contributed by atoms with E-state index in [2.05, 4.69) is 31.9 Å². The van der Waals surface area contributed by atoms with Crippen LogP contribution < -0.4 is 9.47 Å². The van der Waals surface area contributed by atoms with Crippen molar-refractivity contribution in [3.8, 4) is 11.5 Å². The molecular formula is C16H14Br2O3. The number of ether oxygens (including phenoxy) is 2. The molecule has 0 heterocycles. The van der Waals surface area contributed by atoms with E-state index in [-0.39, 0.29) is 5.78 Å². The second-order valence-corrected chi connectivity index (χ2v) is 6.18. The molecule has 0 saturated heterocycles. The Hall–Kier alpha value is -1.33. The summed E-state index contributed by atoms with van der Waals surface area (Å²) in [7, 11) is 0. The summed E-state index contributed by atoms with van der Waals surface area (Å²) < 4.78 is 13.1. The van der Waals surface area contributed by atoms with Gasteiger partial charge in [0.25, 0.3) is 0 Å². The van der Waals surface area contributed by atoms with Gasteiger partial charge in [-0.25, -0.2) is 0 Å². The Morgan fingerprint density at radius 3 is 2.24 bits per heavy atom. The summed E-state index contributed by atoms with van der Waals surface area (Å²) in [5.74, 6) is 1.32. The van der Waals surface area contributed by atoms with Gasteiger partial charge in [-0.1, -0.05) is 31.9 Å². The summed E-state index contributed by atoms with van der Waals surface area (Å²) in [4.78, 5) is 11.5. The van der Waals surface area contributed by atoms with E-state index in [4.69, 9.17) is 9.47 Å². The van der Waals surface area contributed by atoms with E-state index < -0.39 is 0 Å². The largest absolute Gasteiger partial charge is 0.490 e. The molecule has 0 spiro atoms. The molecule has 110 valence electrons. The predicted molar refractivity (Wildman–Crippen MR) is 89.3 cm³/mol. The van der Waals surface area contributed by atoms with Gasteiger partial charge in [-0.05, 0) is 49.4 Å². The van der Waals surface area contributed by atoms with E-state index in [1.165, 1.54) is 6.92 Å². The number of carbonyl (C=O) groups is 1. The second-order valence-electron chi connectivity index (χ2n) is 4.35. The van der Waals surface area contributed by atoms with Gasteiger partial charge in [-0.3, -0.25) is 4.79 Å². The molecule has 0 N–H and O–H groups in total. The van der Waals surface area contributed by atoms with Crippen molar-refractivity contribution >= 4 is 37.6 Å². The van der Waals surface area contributed by atoms with Crippen molar-refractivity contribution in [2.75, 3.05) is 13.2 Å². The number of hydrogen-bond donors (Lipinski definition) is 0. The van der Waals surface area contributed by atoms with Crippen LogP contribution in [0.1, 0.15) is 17.3 Å². The van der Waals surface area contributed by atoms with Crippen molar-refractivity contribution in [2.45, 2.75) is 6.92 Å². The lowest BCUT2D eigenvalue weighted by molar-refractivity contribution is 0.101. The Bertz CT molecular complexity index is 624. The van der Waals surface area contributed by atoms with E-state index in [1.54, 1.807) is 12.1 Å². The molecule has 0 bridgehead atoms. The van der Waals surface area contributed by atoms with E-state index in [0.717, 1.165) is 14.7 Å². The normalized spacial score (nSPS) is 10.2.